The molecule has 0 saturated heterocycles. The molecule has 1 aromatic rings. The van der Waals surface area contributed by atoms with Crippen LogP contribution in [0.5, 0.6) is 0 Å². The molecule has 16 heavy (non-hydrogen) atoms. The van der Waals surface area contributed by atoms with Crippen molar-refractivity contribution in [2.24, 2.45) is 5.92 Å². The third-order valence-corrected chi connectivity index (χ3v) is 5.59. The van der Waals surface area contributed by atoms with Gasteiger partial charge in [0.25, 0.3) is 0 Å². The molecule has 0 unspecified atom stereocenters. The van der Waals surface area contributed by atoms with Crippen LogP contribution in [0, 0.1) is 5.92 Å². The summed E-state index contributed by atoms with van der Waals surface area (Å²) in [5.41, 5.74) is 0. The monoisotopic (exact) mass is 301 g/mol. The minimum Gasteiger partial charge on any atom is -0.309 e. The molecule has 1 heterocycles. The molecule has 0 radical (unpaired) electrons. The van der Waals surface area contributed by atoms with Crippen molar-refractivity contribution in [1.29, 1.82) is 0 Å². The minimum absolute atomic E-state index is 0.747. The van der Waals surface area contributed by atoms with Crippen molar-refractivity contribution in [2.45, 2.75) is 51.6 Å². The molecule has 0 bridgehead atoms. The Morgan fingerprint density at radius 1 is 1.38 bits per heavy atom. The zero-order chi connectivity index (χ0) is 11.4. The van der Waals surface area contributed by atoms with Gasteiger partial charge in [-0.3, -0.25) is 0 Å². The van der Waals surface area contributed by atoms with Crippen molar-refractivity contribution in [1.82, 2.24) is 5.32 Å². The molecular weight excluding hydrogens is 282 g/mol. The Balaban J connectivity index is 1.73. The largest absolute Gasteiger partial charge is 0.309 e. The first-order valence-corrected chi connectivity index (χ1v) is 7.92. The summed E-state index contributed by atoms with van der Waals surface area (Å²) in [4.78, 5) is 1.43. The van der Waals surface area contributed by atoms with Crippen molar-refractivity contribution < 1.29 is 0 Å². The summed E-state index contributed by atoms with van der Waals surface area (Å²) >= 11 is 5.42. The fraction of sp³-hybridized carbons (Fsp3) is 0.692. The van der Waals surface area contributed by atoms with E-state index in [0.29, 0.717) is 0 Å². The molecule has 1 fully saturated rings. The lowest BCUT2D eigenvalue weighted by atomic mass is 9.84. The van der Waals surface area contributed by atoms with E-state index in [-0.39, 0.29) is 0 Å². The summed E-state index contributed by atoms with van der Waals surface area (Å²) in [5.74, 6) is 0.992. The van der Waals surface area contributed by atoms with E-state index in [1.165, 1.54) is 41.5 Å². The highest BCUT2D eigenvalue weighted by atomic mass is 79.9. The maximum atomic E-state index is 3.69. The number of thiophene rings is 1. The summed E-state index contributed by atoms with van der Waals surface area (Å²) < 4.78 is 1.26. The molecule has 0 aromatic carbocycles. The van der Waals surface area contributed by atoms with Gasteiger partial charge in [-0.25, -0.2) is 0 Å². The molecular formula is C13H20BrNS. The molecule has 3 heteroatoms. The van der Waals surface area contributed by atoms with Crippen molar-refractivity contribution in [3.8, 4) is 0 Å². The average molecular weight is 302 g/mol. The molecule has 0 amide bonds. The summed E-state index contributed by atoms with van der Waals surface area (Å²) in [6.45, 7) is 3.35. The molecule has 1 aromatic heterocycles. The maximum Gasteiger partial charge on any atom is 0.0327 e. The van der Waals surface area contributed by atoms with Crippen LogP contribution in [-0.2, 0) is 6.54 Å². The predicted octanol–water partition coefficient (Wildman–Crippen LogP) is 4.57. The van der Waals surface area contributed by atoms with Gasteiger partial charge in [-0.2, -0.15) is 0 Å². The summed E-state index contributed by atoms with van der Waals surface area (Å²) in [6, 6.07) is 2.88. The summed E-state index contributed by atoms with van der Waals surface area (Å²) in [7, 11) is 0. The van der Waals surface area contributed by atoms with Gasteiger partial charge in [0.15, 0.2) is 0 Å². The van der Waals surface area contributed by atoms with Crippen LogP contribution >= 0.6 is 27.3 Å². The Hall–Kier alpha value is 0.140. The Labute approximate surface area is 111 Å². The second-order valence-electron chi connectivity index (χ2n) is 4.70. The smallest absolute Gasteiger partial charge is 0.0327 e. The van der Waals surface area contributed by atoms with Gasteiger partial charge in [0.2, 0.25) is 0 Å². The second kappa shape index (κ2) is 6.18. The Kier molecular flexibility index (Phi) is 4.86. The Morgan fingerprint density at radius 2 is 2.12 bits per heavy atom. The van der Waals surface area contributed by atoms with E-state index in [1.54, 1.807) is 0 Å². The molecule has 2 rings (SSSR count). The molecule has 1 aliphatic carbocycles. The lowest BCUT2D eigenvalue weighted by Gasteiger charge is -2.28. The first-order chi connectivity index (χ1) is 7.79. The summed E-state index contributed by atoms with van der Waals surface area (Å²) in [6.07, 6.45) is 6.92. The highest BCUT2D eigenvalue weighted by Crippen LogP contribution is 2.27. The first-order valence-electron chi connectivity index (χ1n) is 6.24. The third-order valence-electron chi connectivity index (χ3n) is 3.67. The minimum atomic E-state index is 0.747. The molecule has 0 atom stereocenters. The molecule has 1 N–H and O–H groups in total. The van der Waals surface area contributed by atoms with Crippen LogP contribution in [0.1, 0.15) is 43.9 Å². The molecule has 1 saturated carbocycles. The summed E-state index contributed by atoms with van der Waals surface area (Å²) in [5, 5.41) is 5.84. The van der Waals surface area contributed by atoms with Gasteiger partial charge in [-0.05, 0) is 59.0 Å². The van der Waals surface area contributed by atoms with Gasteiger partial charge in [-0.1, -0.05) is 13.3 Å². The first kappa shape index (κ1) is 12.6. The highest BCUT2D eigenvalue weighted by Gasteiger charge is 2.19. The van der Waals surface area contributed by atoms with E-state index in [1.807, 2.05) is 11.3 Å². The molecule has 0 aliphatic heterocycles. The van der Waals surface area contributed by atoms with Gasteiger partial charge in [0.05, 0.1) is 0 Å². The van der Waals surface area contributed by atoms with Gasteiger partial charge in [-0.15, -0.1) is 11.3 Å². The van der Waals surface area contributed by atoms with E-state index in [4.69, 9.17) is 0 Å². The topological polar surface area (TPSA) is 12.0 Å². The van der Waals surface area contributed by atoms with E-state index < -0.39 is 0 Å². The lowest BCUT2D eigenvalue weighted by Crippen LogP contribution is -2.32. The van der Waals surface area contributed by atoms with Gasteiger partial charge in [0, 0.05) is 21.9 Å². The van der Waals surface area contributed by atoms with Crippen LogP contribution in [0.4, 0.5) is 0 Å². The van der Waals surface area contributed by atoms with Crippen LogP contribution in [0.25, 0.3) is 0 Å². The van der Waals surface area contributed by atoms with Gasteiger partial charge in [0.1, 0.15) is 0 Å². The molecule has 90 valence electrons. The molecule has 1 nitrogen and oxygen atoms in total. The van der Waals surface area contributed by atoms with Crippen LogP contribution < -0.4 is 5.32 Å². The standard InChI is InChI=1S/C13H20BrNS/c1-2-10-3-5-11(6-4-10)15-9-13-12(14)7-8-16-13/h7-8,10-11,15H,2-6,9H2,1H3. The van der Waals surface area contributed by atoms with E-state index in [9.17, 15) is 0 Å². The Bertz CT molecular complexity index is 315. The third kappa shape index (κ3) is 3.31. The SMILES string of the molecule is CCC1CCC(NCc2sccc2Br)CC1. The van der Waals surface area contributed by atoms with E-state index >= 15 is 0 Å². The van der Waals surface area contributed by atoms with E-state index in [0.717, 1.165) is 18.5 Å². The average Bonchev–Trinajstić information content (AvgIpc) is 2.73. The highest BCUT2D eigenvalue weighted by molar-refractivity contribution is 9.10. The zero-order valence-electron chi connectivity index (χ0n) is 9.84. The van der Waals surface area contributed by atoms with E-state index in [2.05, 4.69) is 39.6 Å². The fourth-order valence-electron chi connectivity index (χ4n) is 2.46. The number of halogens is 1. The number of hydrogen-bond donors (Lipinski definition) is 1. The van der Waals surface area contributed by atoms with Crippen LogP contribution in [0.3, 0.4) is 0 Å². The van der Waals surface area contributed by atoms with Gasteiger partial charge >= 0.3 is 0 Å². The van der Waals surface area contributed by atoms with Crippen LogP contribution in [-0.4, -0.2) is 6.04 Å². The fourth-order valence-corrected chi connectivity index (χ4v) is 3.91. The molecule has 0 spiro atoms. The number of hydrogen-bond acceptors (Lipinski definition) is 2. The lowest BCUT2D eigenvalue weighted by molar-refractivity contribution is 0.285. The Morgan fingerprint density at radius 3 is 2.69 bits per heavy atom. The number of rotatable bonds is 4. The van der Waals surface area contributed by atoms with Crippen molar-refractivity contribution in [3.05, 3.63) is 20.8 Å². The number of nitrogens with one attached hydrogen (secondary N) is 1. The quantitative estimate of drug-likeness (QED) is 0.859. The normalized spacial score (nSPS) is 25.9. The molecule has 1 aliphatic rings. The van der Waals surface area contributed by atoms with Crippen molar-refractivity contribution in [3.63, 3.8) is 0 Å². The zero-order valence-corrected chi connectivity index (χ0v) is 12.2. The predicted molar refractivity (Wildman–Crippen MR) is 74.9 cm³/mol. The second-order valence-corrected chi connectivity index (χ2v) is 6.55. The van der Waals surface area contributed by atoms with Crippen molar-refractivity contribution >= 4 is 27.3 Å². The van der Waals surface area contributed by atoms with Crippen LogP contribution in [0.2, 0.25) is 0 Å². The van der Waals surface area contributed by atoms with Gasteiger partial charge < -0.3 is 5.32 Å². The van der Waals surface area contributed by atoms with Crippen molar-refractivity contribution in [2.75, 3.05) is 0 Å². The maximum absolute atomic E-state index is 3.69. The van der Waals surface area contributed by atoms with Crippen LogP contribution in [0.15, 0.2) is 15.9 Å².